The lowest BCUT2D eigenvalue weighted by Gasteiger charge is -2.32. The molecule has 1 spiro atoms. The molecule has 77 heavy (non-hydrogen) atoms. The van der Waals surface area contributed by atoms with Crippen LogP contribution in [0.15, 0.2) is 279 Å². The molecule has 0 unspecified atom stereocenters. The minimum Gasteiger partial charge on any atom is -0.0619 e. The molecule has 0 saturated heterocycles. The first-order valence-electron chi connectivity index (χ1n) is 27.0. The van der Waals surface area contributed by atoms with Crippen LogP contribution in [-0.4, -0.2) is 0 Å². The molecule has 15 aromatic carbocycles. The van der Waals surface area contributed by atoms with Crippen LogP contribution < -0.4 is 0 Å². The highest BCUT2D eigenvalue weighted by Crippen LogP contribution is 2.65. The Morgan fingerprint density at radius 1 is 0.182 bits per heavy atom. The largest absolute Gasteiger partial charge is 0.0731 e. The second-order valence-electron chi connectivity index (χ2n) is 21.3. The Balaban J connectivity index is 0.904. The van der Waals surface area contributed by atoms with Crippen LogP contribution in [0.3, 0.4) is 0 Å². The fourth-order valence-electron chi connectivity index (χ4n) is 14.5. The zero-order chi connectivity index (χ0) is 50.3. The van der Waals surface area contributed by atoms with Gasteiger partial charge in [-0.25, -0.2) is 0 Å². The van der Waals surface area contributed by atoms with E-state index in [2.05, 4.69) is 279 Å². The van der Waals surface area contributed by atoms with Crippen LogP contribution in [0.4, 0.5) is 0 Å². The van der Waals surface area contributed by atoms with E-state index in [4.69, 9.17) is 0 Å². The average Bonchev–Trinajstić information content (AvgIpc) is 4.18. The van der Waals surface area contributed by atoms with Crippen molar-refractivity contribution in [2.75, 3.05) is 0 Å². The van der Waals surface area contributed by atoms with Gasteiger partial charge in [0.15, 0.2) is 0 Å². The fourth-order valence-corrected chi connectivity index (χ4v) is 14.5. The molecule has 0 heteroatoms. The van der Waals surface area contributed by atoms with Gasteiger partial charge in [-0.05, 0) is 189 Å². The molecule has 0 aromatic heterocycles. The van der Waals surface area contributed by atoms with Crippen molar-refractivity contribution in [2.24, 2.45) is 0 Å². The van der Waals surface area contributed by atoms with Gasteiger partial charge in [-0.1, -0.05) is 255 Å². The van der Waals surface area contributed by atoms with E-state index < -0.39 is 5.41 Å². The quantitative estimate of drug-likeness (QED) is 0.154. The molecule has 2 aliphatic rings. The monoisotopic (exact) mass is 970 g/mol. The van der Waals surface area contributed by atoms with Crippen molar-refractivity contribution in [3.05, 3.63) is 301 Å². The summed E-state index contributed by atoms with van der Waals surface area (Å²) in [4.78, 5) is 0. The highest BCUT2D eigenvalue weighted by molar-refractivity contribution is 6.24. The van der Waals surface area contributed by atoms with Gasteiger partial charge in [-0.2, -0.15) is 0 Å². The van der Waals surface area contributed by atoms with Crippen LogP contribution in [0.1, 0.15) is 22.3 Å². The molecule has 354 valence electrons. The predicted molar refractivity (Wildman–Crippen MR) is 327 cm³/mol. The molecule has 2 aliphatic carbocycles. The van der Waals surface area contributed by atoms with Crippen LogP contribution in [0.2, 0.25) is 0 Å². The standard InChI is InChI=1S/C77H46/c1-3-19-49-43-52(35-33-47(49)17-1)72-60-23-5-7-25-62(60)74(63-26-8-6-24-61(63)72)54-38-40-56-51(45-54)37-42-68-59-41-39-55(46-71(59)77(76(56)68)69-31-15-13-21-57(69)58-22-14-16-32-70(58)77)75-66-29-11-9-27-64(66)73(65-28-10-12-30-67(65)75)53-36-34-48-18-2-4-20-50(48)44-53/h1-46H. The summed E-state index contributed by atoms with van der Waals surface area (Å²) in [6.45, 7) is 0. The predicted octanol–water partition coefficient (Wildman–Crippen LogP) is 20.8. The second-order valence-corrected chi connectivity index (χ2v) is 21.3. The normalized spacial score (nSPS) is 13.0. The first-order valence-corrected chi connectivity index (χ1v) is 27.0. The molecule has 0 bridgehead atoms. The Morgan fingerprint density at radius 3 is 0.948 bits per heavy atom. The Bertz CT molecular complexity index is 4890. The van der Waals surface area contributed by atoms with Crippen LogP contribution in [-0.2, 0) is 5.41 Å². The maximum atomic E-state index is 2.58. The van der Waals surface area contributed by atoms with Gasteiger partial charge >= 0.3 is 0 Å². The Labute approximate surface area is 446 Å². The number of fused-ring (bicyclic) bond motifs is 18. The van der Waals surface area contributed by atoms with E-state index in [1.807, 2.05) is 0 Å². The summed E-state index contributed by atoms with van der Waals surface area (Å²) in [5.41, 5.74) is 20.1. The van der Waals surface area contributed by atoms with Crippen LogP contribution >= 0.6 is 0 Å². The molecule has 0 nitrogen and oxygen atoms in total. The van der Waals surface area contributed by atoms with Gasteiger partial charge in [0.25, 0.3) is 0 Å². The summed E-state index contributed by atoms with van der Waals surface area (Å²) < 4.78 is 0. The van der Waals surface area contributed by atoms with Crippen LogP contribution in [0, 0.1) is 0 Å². The van der Waals surface area contributed by atoms with Gasteiger partial charge in [-0.15, -0.1) is 0 Å². The third-order valence-electron chi connectivity index (χ3n) is 17.6. The number of hydrogen-bond donors (Lipinski definition) is 0. The first-order chi connectivity index (χ1) is 38.2. The number of rotatable bonds is 4. The van der Waals surface area contributed by atoms with E-state index in [0.717, 1.165) is 0 Å². The molecule has 0 radical (unpaired) electrons. The van der Waals surface area contributed by atoms with E-state index in [0.29, 0.717) is 0 Å². The zero-order valence-corrected chi connectivity index (χ0v) is 42.1. The van der Waals surface area contributed by atoms with E-state index in [1.165, 1.54) is 164 Å². The highest BCUT2D eigenvalue weighted by atomic mass is 14.5. The molecular weight excluding hydrogens is 925 g/mol. The Hall–Kier alpha value is -9.88. The van der Waals surface area contributed by atoms with E-state index in [-0.39, 0.29) is 0 Å². The fraction of sp³-hybridized carbons (Fsp3) is 0.0130. The summed E-state index contributed by atoms with van der Waals surface area (Å²) in [6, 6.07) is 106. The van der Waals surface area contributed by atoms with Gasteiger partial charge in [0.05, 0.1) is 5.41 Å². The first kappa shape index (κ1) is 42.5. The van der Waals surface area contributed by atoms with Gasteiger partial charge in [-0.3, -0.25) is 0 Å². The van der Waals surface area contributed by atoms with Crippen molar-refractivity contribution in [1.29, 1.82) is 0 Å². The average molecular weight is 971 g/mol. The van der Waals surface area contributed by atoms with E-state index >= 15 is 0 Å². The summed E-state index contributed by atoms with van der Waals surface area (Å²) in [7, 11) is 0. The Morgan fingerprint density at radius 2 is 0.494 bits per heavy atom. The summed E-state index contributed by atoms with van der Waals surface area (Å²) in [5.74, 6) is 0. The van der Waals surface area contributed by atoms with Gasteiger partial charge in [0.2, 0.25) is 0 Å². The summed E-state index contributed by atoms with van der Waals surface area (Å²) >= 11 is 0. The topological polar surface area (TPSA) is 0 Å². The minimum atomic E-state index is -0.563. The molecule has 0 heterocycles. The van der Waals surface area contributed by atoms with Crippen LogP contribution in [0.25, 0.3) is 142 Å². The van der Waals surface area contributed by atoms with Crippen molar-refractivity contribution in [3.8, 4) is 66.8 Å². The maximum Gasteiger partial charge on any atom is 0.0731 e. The van der Waals surface area contributed by atoms with E-state index in [1.54, 1.807) is 0 Å². The van der Waals surface area contributed by atoms with Crippen molar-refractivity contribution < 1.29 is 0 Å². The second kappa shape index (κ2) is 16.1. The van der Waals surface area contributed by atoms with Gasteiger partial charge in [0.1, 0.15) is 0 Å². The van der Waals surface area contributed by atoms with E-state index in [9.17, 15) is 0 Å². The molecule has 0 fully saturated rings. The lowest BCUT2D eigenvalue weighted by Crippen LogP contribution is -2.26. The minimum absolute atomic E-state index is 0.563. The molecule has 0 amide bonds. The van der Waals surface area contributed by atoms with Crippen molar-refractivity contribution in [1.82, 2.24) is 0 Å². The molecule has 17 rings (SSSR count). The lowest BCUT2D eigenvalue weighted by molar-refractivity contribution is 0.801. The Kier molecular flexibility index (Phi) is 8.86. The summed E-state index contributed by atoms with van der Waals surface area (Å²) in [5, 5.41) is 17.6. The smallest absolute Gasteiger partial charge is 0.0619 e. The van der Waals surface area contributed by atoms with Gasteiger partial charge in [0, 0.05) is 0 Å². The SMILES string of the molecule is c1ccc2c(c1)-c1ccccc1C21c2cc(-c3c4ccccc4c(-c4ccc5ccccc5c4)c4ccccc34)ccc2-c2ccc3cc(-c4c5ccccc5c(-c5ccc6ccccc6c5)c5ccccc45)ccc3c21. The molecule has 15 aromatic rings. The molecule has 0 N–H and O–H groups in total. The number of benzene rings is 15. The third kappa shape index (κ3) is 5.87. The van der Waals surface area contributed by atoms with Crippen LogP contribution in [0.5, 0.6) is 0 Å². The third-order valence-corrected chi connectivity index (χ3v) is 17.6. The number of hydrogen-bond acceptors (Lipinski definition) is 0. The highest BCUT2D eigenvalue weighted by Gasteiger charge is 2.52. The molecule has 0 atom stereocenters. The molecule has 0 aliphatic heterocycles. The molecule has 0 saturated carbocycles. The van der Waals surface area contributed by atoms with Crippen molar-refractivity contribution >= 4 is 75.4 Å². The van der Waals surface area contributed by atoms with Crippen molar-refractivity contribution in [3.63, 3.8) is 0 Å². The zero-order valence-electron chi connectivity index (χ0n) is 42.1. The molecular formula is C77H46. The van der Waals surface area contributed by atoms with Crippen molar-refractivity contribution in [2.45, 2.75) is 5.41 Å². The maximum absolute atomic E-state index is 2.58. The summed E-state index contributed by atoms with van der Waals surface area (Å²) in [6.07, 6.45) is 0. The lowest BCUT2D eigenvalue weighted by atomic mass is 9.69. The van der Waals surface area contributed by atoms with Gasteiger partial charge < -0.3 is 0 Å².